The van der Waals surface area contributed by atoms with E-state index >= 15 is 0 Å². The lowest BCUT2D eigenvalue weighted by Gasteiger charge is -2.00. The van der Waals surface area contributed by atoms with Crippen LogP contribution in [-0.2, 0) is 0 Å². The molecule has 5 heteroatoms. The lowest BCUT2D eigenvalue weighted by Crippen LogP contribution is -2.70. The van der Waals surface area contributed by atoms with Gasteiger partial charge in [-0.25, -0.2) is 5.32 Å². The molecule has 0 atom stereocenters. The lowest BCUT2D eigenvalue weighted by molar-refractivity contribution is -0.447. The molecule has 0 radical (unpaired) electrons. The summed E-state index contributed by atoms with van der Waals surface area (Å²) in [7, 11) is 1.67. The van der Waals surface area contributed by atoms with Crippen LogP contribution < -0.4 is 15.0 Å². The van der Waals surface area contributed by atoms with Gasteiger partial charge in [0.15, 0.2) is 0 Å². The maximum atomic E-state index is 5.16. The summed E-state index contributed by atoms with van der Waals surface area (Å²) in [6, 6.07) is 7.96. The van der Waals surface area contributed by atoms with Gasteiger partial charge in [-0.2, -0.15) is 4.98 Å². The number of methoxy groups -OCH3 is 1. The minimum Gasteiger partial charge on any atom is -0.497 e. The molecule has 98 valence electrons. The Labute approximate surface area is 116 Å². The Balaban J connectivity index is 1.76. The molecule has 1 aliphatic rings. The zero-order chi connectivity index (χ0) is 13.1. The van der Waals surface area contributed by atoms with Gasteiger partial charge < -0.3 is 4.74 Å². The van der Waals surface area contributed by atoms with Crippen molar-refractivity contribution in [1.29, 1.82) is 0 Å². The Morgan fingerprint density at radius 2 is 2.16 bits per heavy atom. The van der Waals surface area contributed by atoms with Crippen molar-refractivity contribution >= 4 is 22.3 Å². The summed E-state index contributed by atoms with van der Waals surface area (Å²) in [6.45, 7) is 1.05. The maximum Gasteiger partial charge on any atom is 0.277 e. The molecule has 0 aliphatic carbocycles. The first kappa shape index (κ1) is 12.2. The van der Waals surface area contributed by atoms with Gasteiger partial charge >= 0.3 is 0 Å². The number of hydrogen-bond acceptors (Lipinski definition) is 4. The molecular formula is C14H16N3OS+. The highest BCUT2D eigenvalue weighted by atomic mass is 32.1. The number of thiazole rings is 1. The molecule has 0 saturated heterocycles. The highest BCUT2D eigenvalue weighted by Crippen LogP contribution is 2.26. The second-order valence-electron chi connectivity index (χ2n) is 4.40. The van der Waals surface area contributed by atoms with E-state index in [0.29, 0.717) is 0 Å². The second kappa shape index (κ2) is 5.40. The SMILES string of the molecule is COc1ccc(-c2csc(NC3=[NH+]CCC3)n2)cc1. The molecule has 0 unspecified atom stereocenters. The topological polar surface area (TPSA) is 48.1 Å². The number of amidine groups is 1. The molecule has 0 amide bonds. The third kappa shape index (κ3) is 2.76. The van der Waals surface area contributed by atoms with Crippen LogP contribution in [0.5, 0.6) is 5.75 Å². The van der Waals surface area contributed by atoms with Crippen molar-refractivity contribution in [1.82, 2.24) is 4.98 Å². The second-order valence-corrected chi connectivity index (χ2v) is 5.26. The van der Waals surface area contributed by atoms with Gasteiger partial charge in [0.25, 0.3) is 5.13 Å². The van der Waals surface area contributed by atoms with E-state index in [4.69, 9.17) is 4.74 Å². The summed E-state index contributed by atoms with van der Waals surface area (Å²) in [5.41, 5.74) is 2.10. The number of hydrogen-bond donors (Lipinski definition) is 2. The van der Waals surface area contributed by atoms with E-state index < -0.39 is 0 Å². The largest absolute Gasteiger partial charge is 0.497 e. The number of benzene rings is 1. The van der Waals surface area contributed by atoms with Crippen LogP contribution in [0.25, 0.3) is 11.3 Å². The molecule has 0 saturated carbocycles. The van der Waals surface area contributed by atoms with E-state index in [1.165, 1.54) is 12.3 Å². The molecule has 0 bridgehead atoms. The van der Waals surface area contributed by atoms with Crippen molar-refractivity contribution in [3.63, 3.8) is 0 Å². The van der Waals surface area contributed by atoms with Gasteiger partial charge in [-0.05, 0) is 30.7 Å². The van der Waals surface area contributed by atoms with Gasteiger partial charge in [0.1, 0.15) is 5.75 Å². The maximum absolute atomic E-state index is 5.16. The summed E-state index contributed by atoms with van der Waals surface area (Å²) in [4.78, 5) is 7.93. The molecule has 19 heavy (non-hydrogen) atoms. The van der Waals surface area contributed by atoms with Gasteiger partial charge in [0.05, 0.1) is 25.8 Å². The van der Waals surface area contributed by atoms with Gasteiger partial charge in [-0.1, -0.05) is 11.3 Å². The molecule has 1 aromatic heterocycles. The zero-order valence-corrected chi connectivity index (χ0v) is 11.6. The summed E-state index contributed by atoms with van der Waals surface area (Å²) in [6.07, 6.45) is 2.27. The fraction of sp³-hybridized carbons (Fsp3) is 0.286. The van der Waals surface area contributed by atoms with Gasteiger partial charge in [0.2, 0.25) is 5.84 Å². The van der Waals surface area contributed by atoms with Crippen LogP contribution in [0.2, 0.25) is 0 Å². The number of anilines is 1. The summed E-state index contributed by atoms with van der Waals surface area (Å²) < 4.78 is 5.16. The summed E-state index contributed by atoms with van der Waals surface area (Å²) >= 11 is 1.63. The zero-order valence-electron chi connectivity index (χ0n) is 10.8. The number of nitrogens with zero attached hydrogens (tertiary/aromatic N) is 1. The number of rotatable bonds is 3. The quantitative estimate of drug-likeness (QED) is 0.892. The Morgan fingerprint density at radius 3 is 2.84 bits per heavy atom. The molecule has 4 nitrogen and oxygen atoms in total. The molecule has 0 spiro atoms. The van der Waals surface area contributed by atoms with Gasteiger partial charge in [-0.3, -0.25) is 4.99 Å². The average molecular weight is 274 g/mol. The third-order valence-electron chi connectivity index (χ3n) is 3.09. The van der Waals surface area contributed by atoms with Crippen molar-refractivity contribution in [3.05, 3.63) is 29.6 Å². The molecule has 2 aromatic rings. The minimum atomic E-state index is 0.864. The van der Waals surface area contributed by atoms with E-state index in [0.717, 1.165) is 35.1 Å². The third-order valence-corrected chi connectivity index (χ3v) is 3.85. The minimum absolute atomic E-state index is 0.864. The fourth-order valence-corrected chi connectivity index (χ4v) is 2.80. The Kier molecular flexibility index (Phi) is 3.46. The molecule has 2 heterocycles. The van der Waals surface area contributed by atoms with Crippen LogP contribution in [0, 0.1) is 0 Å². The summed E-state index contributed by atoms with van der Waals surface area (Å²) in [5.74, 6) is 2.04. The number of aromatic nitrogens is 1. The predicted octanol–water partition coefficient (Wildman–Crippen LogP) is 1.50. The van der Waals surface area contributed by atoms with Crippen LogP contribution in [-0.4, -0.2) is 24.5 Å². The lowest BCUT2D eigenvalue weighted by atomic mass is 10.2. The Hall–Kier alpha value is -1.88. The number of nitrogens with one attached hydrogen (secondary N) is 2. The fourth-order valence-electron chi connectivity index (χ4n) is 2.05. The van der Waals surface area contributed by atoms with E-state index in [9.17, 15) is 0 Å². The Morgan fingerprint density at radius 1 is 1.32 bits per heavy atom. The molecule has 2 N–H and O–H groups in total. The van der Waals surface area contributed by atoms with Crippen LogP contribution in [0.4, 0.5) is 5.13 Å². The summed E-state index contributed by atoms with van der Waals surface area (Å²) in [5, 5.41) is 6.35. The molecule has 1 aromatic carbocycles. The highest BCUT2D eigenvalue weighted by Gasteiger charge is 2.15. The van der Waals surface area contributed by atoms with Gasteiger partial charge in [0, 0.05) is 10.9 Å². The molecular weight excluding hydrogens is 258 g/mol. The normalized spacial score (nSPS) is 14.3. The van der Waals surface area contributed by atoms with E-state index in [2.05, 4.69) is 20.7 Å². The van der Waals surface area contributed by atoms with Crippen molar-refractivity contribution in [2.45, 2.75) is 12.8 Å². The Bertz CT molecular complexity index is 589. The smallest absolute Gasteiger partial charge is 0.277 e. The van der Waals surface area contributed by atoms with Gasteiger partial charge in [-0.15, -0.1) is 0 Å². The highest BCUT2D eigenvalue weighted by molar-refractivity contribution is 7.14. The van der Waals surface area contributed by atoms with E-state index in [-0.39, 0.29) is 0 Å². The van der Waals surface area contributed by atoms with E-state index in [1.807, 2.05) is 24.3 Å². The van der Waals surface area contributed by atoms with Crippen LogP contribution >= 0.6 is 11.3 Å². The molecule has 1 aliphatic heterocycles. The van der Waals surface area contributed by atoms with Crippen LogP contribution in [0.1, 0.15) is 12.8 Å². The molecule has 3 rings (SSSR count). The first-order valence-electron chi connectivity index (χ1n) is 6.32. The first-order chi connectivity index (χ1) is 9.35. The first-order valence-corrected chi connectivity index (χ1v) is 7.20. The number of ether oxygens (including phenoxy) is 1. The van der Waals surface area contributed by atoms with Crippen LogP contribution in [0.15, 0.2) is 29.6 Å². The van der Waals surface area contributed by atoms with Crippen molar-refractivity contribution in [2.24, 2.45) is 0 Å². The molecule has 0 fully saturated rings. The monoisotopic (exact) mass is 274 g/mol. The average Bonchev–Trinajstić information content (AvgIpc) is 3.11. The van der Waals surface area contributed by atoms with Crippen molar-refractivity contribution in [3.8, 4) is 17.0 Å². The standard InChI is InChI=1S/C14H15N3OS/c1-18-11-6-4-10(5-7-11)12-9-19-14(16-12)17-13-3-2-8-15-13/h4-7,9H,2-3,8H2,1H3,(H,15,16,17)/p+1. The van der Waals surface area contributed by atoms with E-state index in [1.54, 1.807) is 18.4 Å². The van der Waals surface area contributed by atoms with Crippen molar-refractivity contribution in [2.75, 3.05) is 19.0 Å². The van der Waals surface area contributed by atoms with Crippen molar-refractivity contribution < 1.29 is 9.73 Å². The van der Waals surface area contributed by atoms with Crippen LogP contribution in [0.3, 0.4) is 0 Å². The predicted molar refractivity (Wildman–Crippen MR) is 77.8 cm³/mol.